The molecular formula is C18H16N6O2S. The Hall–Kier alpha value is -3.46. The fourth-order valence-corrected chi connectivity index (χ4v) is 3.16. The Kier molecular flexibility index (Phi) is 4.00. The van der Waals surface area contributed by atoms with Crippen molar-refractivity contribution >= 4 is 23.8 Å². The Morgan fingerprint density at radius 2 is 2.11 bits per heavy atom. The number of aromatic nitrogens is 5. The Morgan fingerprint density at radius 3 is 2.85 bits per heavy atom. The lowest BCUT2D eigenvalue weighted by Crippen LogP contribution is -2.13. The van der Waals surface area contributed by atoms with E-state index < -0.39 is 5.91 Å². The number of pyridine rings is 1. The number of amides is 1. The zero-order valence-corrected chi connectivity index (χ0v) is 15.4. The highest BCUT2D eigenvalue weighted by Gasteiger charge is 2.17. The zero-order chi connectivity index (χ0) is 19.1. The van der Waals surface area contributed by atoms with Gasteiger partial charge in [-0.15, -0.1) is 0 Å². The number of carbonyl (C=O) groups excluding carboxylic acids is 1. The van der Waals surface area contributed by atoms with Crippen molar-refractivity contribution in [1.82, 2.24) is 24.1 Å². The number of hydrogen-bond acceptors (Lipinski definition) is 5. The second kappa shape index (κ2) is 6.36. The molecule has 4 rings (SSSR count). The maximum absolute atomic E-state index is 11.8. The van der Waals surface area contributed by atoms with Gasteiger partial charge in [-0.3, -0.25) is 14.5 Å². The summed E-state index contributed by atoms with van der Waals surface area (Å²) in [6.45, 7) is 2.01. The number of fused-ring (bicyclic) bond motifs is 1. The molecule has 3 N–H and O–H groups in total. The third-order valence-electron chi connectivity index (χ3n) is 4.22. The number of benzene rings is 1. The van der Waals surface area contributed by atoms with Gasteiger partial charge in [0.15, 0.2) is 10.6 Å². The molecule has 0 spiro atoms. The minimum absolute atomic E-state index is 0.259. The average molecular weight is 380 g/mol. The number of H-pyrrole nitrogens is 1. The Bertz CT molecular complexity index is 1240. The molecule has 9 heteroatoms. The number of rotatable bonds is 4. The quantitative estimate of drug-likeness (QED) is 0.530. The number of aromatic amines is 1. The second-order valence-corrected chi connectivity index (χ2v) is 6.42. The molecule has 0 bridgehead atoms. The number of aryl methyl sites for hydroxylation is 1. The first kappa shape index (κ1) is 17.0. The number of primary amides is 1. The number of methoxy groups -OCH3 is 1. The fourth-order valence-electron chi connectivity index (χ4n) is 2.93. The molecule has 0 fully saturated rings. The van der Waals surface area contributed by atoms with Gasteiger partial charge < -0.3 is 14.9 Å². The Balaban J connectivity index is 1.90. The van der Waals surface area contributed by atoms with Gasteiger partial charge in [-0.25, -0.2) is 4.98 Å². The van der Waals surface area contributed by atoms with Crippen LogP contribution in [0.25, 0.3) is 22.9 Å². The van der Waals surface area contributed by atoms with Crippen molar-refractivity contribution < 1.29 is 9.53 Å². The van der Waals surface area contributed by atoms with Crippen LogP contribution in [0.2, 0.25) is 0 Å². The van der Waals surface area contributed by atoms with Gasteiger partial charge in [0.1, 0.15) is 17.1 Å². The summed E-state index contributed by atoms with van der Waals surface area (Å²) < 4.78 is 9.19. The third-order valence-corrected chi connectivity index (χ3v) is 4.50. The molecular weight excluding hydrogens is 364 g/mol. The number of nitrogens with zero attached hydrogens (tertiary/aromatic N) is 4. The average Bonchev–Trinajstić information content (AvgIpc) is 3.23. The first-order valence-electron chi connectivity index (χ1n) is 8.09. The summed E-state index contributed by atoms with van der Waals surface area (Å²) in [7, 11) is 1.48. The van der Waals surface area contributed by atoms with Crippen molar-refractivity contribution in [3.8, 4) is 23.0 Å². The number of ether oxygens (including phenoxy) is 1. The van der Waals surface area contributed by atoms with Gasteiger partial charge >= 0.3 is 0 Å². The standard InChI is InChI=1S/C18H16N6O2S/c1-10-5-6-23-9-13(20-15(23)7-10)17-21-22-18(27)24(17)11-3-4-14(26-2)12(8-11)16(19)25/h3-9H,1-2H3,(H2,19,25)(H,22,27). The first-order valence-corrected chi connectivity index (χ1v) is 8.50. The zero-order valence-electron chi connectivity index (χ0n) is 14.6. The molecule has 3 heterocycles. The number of nitrogens with one attached hydrogen (secondary N) is 1. The smallest absolute Gasteiger partial charge is 0.252 e. The van der Waals surface area contributed by atoms with Crippen molar-refractivity contribution in [1.29, 1.82) is 0 Å². The summed E-state index contributed by atoms with van der Waals surface area (Å²) in [5.74, 6) is 0.335. The van der Waals surface area contributed by atoms with E-state index in [0.717, 1.165) is 11.2 Å². The predicted molar refractivity (Wildman–Crippen MR) is 103 cm³/mol. The van der Waals surface area contributed by atoms with E-state index in [0.29, 0.717) is 27.7 Å². The molecule has 1 aromatic carbocycles. The number of nitrogens with two attached hydrogens (primary N) is 1. The molecule has 1 amide bonds. The van der Waals surface area contributed by atoms with E-state index >= 15 is 0 Å². The van der Waals surface area contributed by atoms with Gasteiger partial charge in [0, 0.05) is 12.4 Å². The molecule has 0 atom stereocenters. The van der Waals surface area contributed by atoms with Crippen LogP contribution in [0.4, 0.5) is 0 Å². The van der Waals surface area contributed by atoms with Crippen LogP contribution in [0, 0.1) is 11.7 Å². The molecule has 0 aliphatic heterocycles. The second-order valence-electron chi connectivity index (χ2n) is 6.03. The summed E-state index contributed by atoms with van der Waals surface area (Å²) in [6.07, 6.45) is 3.81. The molecule has 0 saturated heterocycles. The largest absolute Gasteiger partial charge is 0.496 e. The topological polar surface area (TPSA) is 103 Å². The molecule has 4 aromatic rings. The lowest BCUT2D eigenvalue weighted by Gasteiger charge is -2.10. The summed E-state index contributed by atoms with van der Waals surface area (Å²) in [5, 5.41) is 7.11. The lowest BCUT2D eigenvalue weighted by atomic mass is 10.1. The molecule has 3 aromatic heterocycles. The summed E-state index contributed by atoms with van der Waals surface area (Å²) in [5.41, 5.74) is 8.92. The highest BCUT2D eigenvalue weighted by atomic mass is 32.1. The van der Waals surface area contributed by atoms with Gasteiger partial charge in [0.05, 0.1) is 18.4 Å². The molecule has 0 aliphatic carbocycles. The van der Waals surface area contributed by atoms with Crippen LogP contribution < -0.4 is 10.5 Å². The van der Waals surface area contributed by atoms with Gasteiger partial charge in [-0.05, 0) is 55.0 Å². The molecule has 136 valence electrons. The minimum Gasteiger partial charge on any atom is -0.496 e. The highest BCUT2D eigenvalue weighted by Crippen LogP contribution is 2.26. The Labute approximate surface area is 159 Å². The number of hydrogen-bond donors (Lipinski definition) is 2. The molecule has 0 radical (unpaired) electrons. The molecule has 27 heavy (non-hydrogen) atoms. The predicted octanol–water partition coefficient (Wildman–Crippen LogP) is 2.66. The van der Waals surface area contributed by atoms with Gasteiger partial charge in [-0.1, -0.05) is 0 Å². The van der Waals surface area contributed by atoms with Crippen molar-refractivity contribution in [2.45, 2.75) is 6.92 Å². The van der Waals surface area contributed by atoms with Crippen LogP contribution in [0.1, 0.15) is 15.9 Å². The van der Waals surface area contributed by atoms with Crippen molar-refractivity contribution in [3.05, 3.63) is 58.6 Å². The number of imidazole rings is 1. The van der Waals surface area contributed by atoms with Crippen molar-refractivity contribution in [2.75, 3.05) is 7.11 Å². The summed E-state index contributed by atoms with van der Waals surface area (Å²) >= 11 is 5.39. The first-order chi connectivity index (χ1) is 13.0. The van der Waals surface area contributed by atoms with Crippen molar-refractivity contribution in [3.63, 3.8) is 0 Å². The third kappa shape index (κ3) is 2.87. The molecule has 8 nitrogen and oxygen atoms in total. The van der Waals surface area contributed by atoms with E-state index in [9.17, 15) is 4.79 Å². The van der Waals surface area contributed by atoms with Crippen LogP contribution >= 0.6 is 12.2 Å². The summed E-state index contributed by atoms with van der Waals surface area (Å²) in [6, 6.07) is 9.04. The van der Waals surface area contributed by atoms with E-state index in [1.807, 2.05) is 35.9 Å². The normalized spacial score (nSPS) is 11.0. The minimum atomic E-state index is -0.589. The molecule has 0 aliphatic rings. The number of carbonyl (C=O) groups is 1. The van der Waals surface area contributed by atoms with Crippen LogP contribution in [0.5, 0.6) is 5.75 Å². The van der Waals surface area contributed by atoms with Crippen LogP contribution in [0.15, 0.2) is 42.7 Å². The van der Waals surface area contributed by atoms with E-state index in [-0.39, 0.29) is 5.56 Å². The van der Waals surface area contributed by atoms with E-state index in [2.05, 4.69) is 15.2 Å². The lowest BCUT2D eigenvalue weighted by molar-refractivity contribution is 0.0997. The maximum Gasteiger partial charge on any atom is 0.252 e. The highest BCUT2D eigenvalue weighted by molar-refractivity contribution is 7.71. The van der Waals surface area contributed by atoms with Gasteiger partial charge in [0.25, 0.3) is 5.91 Å². The van der Waals surface area contributed by atoms with Gasteiger partial charge in [-0.2, -0.15) is 5.10 Å². The van der Waals surface area contributed by atoms with Gasteiger partial charge in [0.2, 0.25) is 0 Å². The van der Waals surface area contributed by atoms with Crippen LogP contribution in [-0.4, -0.2) is 37.2 Å². The van der Waals surface area contributed by atoms with E-state index in [4.69, 9.17) is 22.7 Å². The van der Waals surface area contributed by atoms with Crippen molar-refractivity contribution in [2.24, 2.45) is 5.73 Å². The SMILES string of the molecule is COc1ccc(-n2c(-c3cn4ccc(C)cc4n3)n[nH]c2=S)cc1C(N)=O. The van der Waals surface area contributed by atoms with Crippen LogP contribution in [0.3, 0.4) is 0 Å². The Morgan fingerprint density at radius 1 is 1.30 bits per heavy atom. The summed E-state index contributed by atoms with van der Waals surface area (Å²) in [4.78, 5) is 16.4. The van der Waals surface area contributed by atoms with Crippen LogP contribution in [-0.2, 0) is 0 Å². The monoisotopic (exact) mass is 380 g/mol. The van der Waals surface area contributed by atoms with E-state index in [1.165, 1.54) is 7.11 Å². The maximum atomic E-state index is 11.8. The molecule has 0 unspecified atom stereocenters. The fraction of sp³-hybridized carbons (Fsp3) is 0.111. The molecule has 0 saturated carbocycles. The van der Waals surface area contributed by atoms with E-state index in [1.54, 1.807) is 22.8 Å².